The number of allylic oxidation sites excluding steroid dienone is 2. The molecule has 0 unspecified atom stereocenters. The molecule has 0 saturated carbocycles. The zero-order valence-electron chi connectivity index (χ0n) is 74.3. The second-order valence-corrected chi connectivity index (χ2v) is 42.0. The number of nitrogens with zero attached hydrogens (tertiary/aromatic N) is 10. The molecule has 18 rings (SSSR count). The number of carbonyl (C=O) groups is 2. The molecule has 0 bridgehead atoms. The fourth-order valence-corrected chi connectivity index (χ4v) is 22.1. The lowest BCUT2D eigenvalue weighted by atomic mass is 9.72. The van der Waals surface area contributed by atoms with Gasteiger partial charge in [-0.05, 0) is 210 Å². The summed E-state index contributed by atoms with van der Waals surface area (Å²) in [6, 6.07) is 39.3. The summed E-state index contributed by atoms with van der Waals surface area (Å²) in [5, 5.41) is 27.9. The van der Waals surface area contributed by atoms with Crippen LogP contribution in [0.15, 0.2) is 179 Å². The predicted molar refractivity (Wildman–Crippen MR) is 505 cm³/mol. The number of benzene rings is 6. The number of aromatic nitrogens is 4. The summed E-state index contributed by atoms with van der Waals surface area (Å²) >= 11 is 12.5. The minimum Gasteiger partial charge on any atom is -0.493 e. The van der Waals surface area contributed by atoms with Gasteiger partial charge in [0.05, 0.1) is 67.5 Å². The number of nitro groups is 2. The van der Waals surface area contributed by atoms with Crippen molar-refractivity contribution in [2.24, 2.45) is 22.7 Å². The van der Waals surface area contributed by atoms with Crippen LogP contribution >= 0.6 is 23.2 Å². The van der Waals surface area contributed by atoms with E-state index >= 15 is 0 Å². The topological polar surface area (TPSA) is 326 Å². The summed E-state index contributed by atoms with van der Waals surface area (Å²) < 4.78 is 85.0. The number of piperidine rings is 2. The van der Waals surface area contributed by atoms with Gasteiger partial charge in [-0.3, -0.25) is 39.6 Å². The highest BCUT2D eigenvalue weighted by molar-refractivity contribution is 7.90. The molecule has 32 heteroatoms. The summed E-state index contributed by atoms with van der Waals surface area (Å²) in [6.07, 6.45) is 20.6. The minimum atomic E-state index is -4.62. The Morgan fingerprint density at radius 1 is 0.523 bits per heavy atom. The number of rotatable bonds is 24. The van der Waals surface area contributed by atoms with E-state index in [2.05, 4.69) is 125 Å². The van der Waals surface area contributed by atoms with E-state index in [0.29, 0.717) is 72.1 Å². The van der Waals surface area contributed by atoms with Gasteiger partial charge >= 0.3 is 0 Å². The first kappa shape index (κ1) is 91.0. The van der Waals surface area contributed by atoms with Crippen LogP contribution in [0.1, 0.15) is 162 Å². The number of anilines is 2. The van der Waals surface area contributed by atoms with Gasteiger partial charge in [-0.2, -0.15) is 0 Å². The Morgan fingerprint density at radius 2 is 0.923 bits per heavy atom. The van der Waals surface area contributed by atoms with Crippen molar-refractivity contribution in [3.05, 3.63) is 233 Å². The first-order valence-electron chi connectivity index (χ1n) is 45.2. The van der Waals surface area contributed by atoms with Crippen LogP contribution in [-0.2, 0) is 32.9 Å². The Balaban J connectivity index is 0.000000182. The third-order valence-corrected chi connectivity index (χ3v) is 30.4. The number of pyridine rings is 2. The van der Waals surface area contributed by atoms with E-state index in [9.17, 15) is 46.7 Å². The highest BCUT2D eigenvalue weighted by atomic mass is 35.5. The molecule has 4 N–H and O–H groups in total. The van der Waals surface area contributed by atoms with Crippen LogP contribution in [0.4, 0.5) is 22.7 Å². The number of piperazine rings is 2. The second-order valence-electron chi connectivity index (χ2n) is 37.8. The maximum absolute atomic E-state index is 14.1. The average molecular weight is 1850 g/mol. The second kappa shape index (κ2) is 38.5. The number of carbonyl (C=O) groups excluding carboxylic acids is 2. The number of hydrogen-bond donors (Lipinski definition) is 4. The molecule has 10 aromatic rings. The Hall–Kier alpha value is -11.0. The molecule has 4 aromatic heterocycles. The van der Waals surface area contributed by atoms with Crippen molar-refractivity contribution in [1.29, 1.82) is 0 Å². The quantitative estimate of drug-likeness (QED) is 0.0322. The van der Waals surface area contributed by atoms with Crippen molar-refractivity contribution in [3.8, 4) is 34.5 Å². The number of aromatic amines is 2. The van der Waals surface area contributed by atoms with Crippen LogP contribution in [0.25, 0.3) is 33.2 Å². The van der Waals surface area contributed by atoms with Crippen LogP contribution in [-0.4, -0.2) is 195 Å². The monoisotopic (exact) mass is 1840 g/mol. The van der Waals surface area contributed by atoms with Gasteiger partial charge in [0.1, 0.15) is 45.8 Å². The van der Waals surface area contributed by atoms with Crippen molar-refractivity contribution in [2.45, 2.75) is 153 Å². The van der Waals surface area contributed by atoms with E-state index < -0.39 is 51.5 Å². The molecule has 2 aliphatic carbocycles. The number of hydrogen-bond acceptors (Lipinski definition) is 22. The van der Waals surface area contributed by atoms with E-state index in [-0.39, 0.29) is 68.2 Å². The molecular formula is C98H112Cl2N14O14S2. The highest BCUT2D eigenvalue weighted by Crippen LogP contribution is 2.48. The largest absolute Gasteiger partial charge is 0.493 e. The van der Waals surface area contributed by atoms with E-state index in [0.717, 1.165) is 200 Å². The first-order chi connectivity index (χ1) is 62.3. The SMILES string of the molecule is C[C@@H]1CCCCN1C[C@H]1COc2cc(S(=O)(=O)NC(=O)c3ccc(N4CCN(CC5=C(c6ccc(Cl)cc6)CC(C)(C)CC5)CC4)cc3Oc3cnc4[nH]ccc4c3)cc([N+](=O)[O-])c2C1.C[C@H]1CCCCN1C[C@H]1COc2cc(S(=O)(=O)NC(=O)c3ccc(N4CCN(CC5=C(c6ccc(Cl)cc6)CC(C)(C)CC5)CC4)cc3Oc3cnc4[nH]ccc4c3)cc([N+](=O)[O-])c2C1. The number of H-pyrrole nitrogens is 2. The molecule has 684 valence electrons. The van der Waals surface area contributed by atoms with Crippen molar-refractivity contribution in [2.75, 3.05) is 115 Å². The maximum Gasteiger partial charge on any atom is 0.277 e. The van der Waals surface area contributed by atoms with E-state index in [1.807, 2.05) is 36.4 Å². The van der Waals surface area contributed by atoms with Gasteiger partial charge in [-0.15, -0.1) is 0 Å². The zero-order valence-corrected chi connectivity index (χ0v) is 77.4. The van der Waals surface area contributed by atoms with Crippen LogP contribution in [0.5, 0.6) is 34.5 Å². The lowest BCUT2D eigenvalue weighted by Crippen LogP contribution is -2.47. The predicted octanol–water partition coefficient (Wildman–Crippen LogP) is 18.5. The number of ether oxygens (including phenoxy) is 4. The van der Waals surface area contributed by atoms with Crippen molar-refractivity contribution < 1.29 is 55.2 Å². The lowest BCUT2D eigenvalue weighted by molar-refractivity contribution is -0.386. The van der Waals surface area contributed by atoms with Crippen LogP contribution < -0.4 is 38.2 Å². The Morgan fingerprint density at radius 3 is 1.31 bits per heavy atom. The summed E-state index contributed by atoms with van der Waals surface area (Å²) in [5.74, 6) is -0.633. The van der Waals surface area contributed by atoms with Gasteiger partial charge in [0.2, 0.25) is 0 Å². The van der Waals surface area contributed by atoms with Crippen LogP contribution in [0.2, 0.25) is 10.0 Å². The van der Waals surface area contributed by atoms with Gasteiger partial charge < -0.3 is 48.5 Å². The Kier molecular flexibility index (Phi) is 26.9. The molecule has 2 amide bonds. The van der Waals surface area contributed by atoms with Gasteiger partial charge in [0, 0.05) is 183 Å². The molecule has 4 atom stereocenters. The summed E-state index contributed by atoms with van der Waals surface area (Å²) in [4.78, 5) is 80.2. The number of halogens is 2. The molecule has 8 aliphatic rings. The maximum atomic E-state index is 14.1. The third-order valence-electron chi connectivity index (χ3n) is 27.3. The Labute approximate surface area is 768 Å². The van der Waals surface area contributed by atoms with Crippen molar-refractivity contribution in [1.82, 2.24) is 49.0 Å². The zero-order chi connectivity index (χ0) is 90.9. The molecular weight excluding hydrogens is 1730 g/mol. The van der Waals surface area contributed by atoms with Gasteiger partial charge in [0.25, 0.3) is 43.2 Å². The smallest absolute Gasteiger partial charge is 0.277 e. The minimum absolute atomic E-state index is 0.0170. The van der Waals surface area contributed by atoms with Gasteiger partial charge in [-0.1, -0.05) is 99.2 Å². The normalized spacial score (nSPS) is 20.6. The third kappa shape index (κ3) is 21.1. The van der Waals surface area contributed by atoms with Gasteiger partial charge in [0.15, 0.2) is 0 Å². The number of fused-ring (bicyclic) bond motifs is 4. The van der Waals surface area contributed by atoms with E-state index in [4.69, 9.17) is 42.1 Å². The summed E-state index contributed by atoms with van der Waals surface area (Å²) in [6.45, 7) is 25.7. The molecule has 10 heterocycles. The van der Waals surface area contributed by atoms with Crippen LogP contribution in [0.3, 0.4) is 0 Å². The van der Waals surface area contributed by atoms with Crippen molar-refractivity contribution in [3.63, 3.8) is 0 Å². The average Bonchev–Trinajstić information content (AvgIpc) is 1.49. The summed E-state index contributed by atoms with van der Waals surface area (Å²) in [5.41, 5.74) is 11.6. The van der Waals surface area contributed by atoms with E-state index in [1.54, 1.807) is 60.9 Å². The molecule has 130 heavy (non-hydrogen) atoms. The number of likely N-dealkylation sites (tertiary alicyclic amines) is 2. The number of sulfonamides is 2. The molecule has 4 fully saturated rings. The first-order valence-corrected chi connectivity index (χ1v) is 49.0. The fraction of sp³-hybridized carbons (Fsp3) is 0.429. The molecule has 4 saturated heterocycles. The Bertz CT molecular complexity index is 5870. The molecule has 0 spiro atoms. The fourth-order valence-electron chi connectivity index (χ4n) is 19.8. The van der Waals surface area contributed by atoms with Gasteiger partial charge in [-0.25, -0.2) is 36.2 Å². The molecule has 6 aromatic carbocycles. The lowest BCUT2D eigenvalue weighted by Gasteiger charge is -2.39. The standard InChI is InChI=1S/2C49H56ClN7O7S/c2*1-32-6-4-5-17-56(32)29-33-22-42-44(57(59)60)25-40(26-45(42)63-31-33)65(61,62)53-48(58)41-12-11-38(24-46(41)64-39-23-35-14-16-51-47(35)52-28-39)55-20-18-54(19-21-55)30-36-13-15-49(2,3)27-43(36)34-7-9-37(50)10-8-34/h2*7-12,14,16,23-26,28,32-33H,4-6,13,15,17-22,27,29-31H2,1-3H3,(H,51,52)(H,53,58)/t32-,33+;32-,33-/m10/s1. The van der Waals surface area contributed by atoms with E-state index in [1.165, 1.54) is 70.8 Å². The summed E-state index contributed by atoms with van der Waals surface area (Å²) in [7, 11) is -9.24. The number of amides is 2. The van der Waals surface area contributed by atoms with Crippen LogP contribution in [0, 0.1) is 42.9 Å². The van der Waals surface area contributed by atoms with Crippen molar-refractivity contribution >= 4 is 111 Å². The number of nitrogens with one attached hydrogen (secondary N) is 4. The number of nitro benzene ring substituents is 2. The molecule has 6 aliphatic heterocycles. The highest BCUT2D eigenvalue weighted by Gasteiger charge is 2.39. The molecule has 28 nitrogen and oxygen atoms in total. The molecule has 0 radical (unpaired) electrons.